The van der Waals surface area contributed by atoms with E-state index in [2.05, 4.69) is 12.6 Å². The quantitative estimate of drug-likeness (QED) is 0.407. The van der Waals surface area contributed by atoms with Crippen molar-refractivity contribution in [2.45, 2.75) is 0 Å². The molecule has 5 heavy (non-hydrogen) atoms. The number of thiol groups is 1. The summed E-state index contributed by atoms with van der Waals surface area (Å²) in [4.78, 5) is 8.54. The second kappa shape index (κ2) is 19.3. The Morgan fingerprint density at radius 2 is 1.60 bits per heavy atom. The Balaban J connectivity index is -0.0000000200. The van der Waals surface area contributed by atoms with Crippen LogP contribution in [-0.4, -0.2) is 5.62 Å². The van der Waals surface area contributed by atoms with E-state index >= 15 is 0 Å². The van der Waals surface area contributed by atoms with Crippen molar-refractivity contribution in [1.82, 2.24) is 0 Å². The van der Waals surface area contributed by atoms with Gasteiger partial charge in [0.25, 0.3) is 0 Å². The van der Waals surface area contributed by atoms with Crippen molar-refractivity contribution < 1.29 is 37.5 Å². The van der Waals surface area contributed by atoms with Gasteiger partial charge in [0.1, 0.15) is 0 Å². The molecule has 0 saturated heterocycles. The first-order valence-corrected chi connectivity index (χ1v) is 0.875. The zero-order valence-corrected chi connectivity index (χ0v) is 6.67. The van der Waals surface area contributed by atoms with Crippen molar-refractivity contribution in [2.24, 2.45) is 0 Å². The van der Waals surface area contributed by atoms with E-state index in [-0.39, 0.29) is 40.1 Å². The maximum Gasteiger partial charge on any atom is 0 e. The van der Waals surface area contributed by atoms with E-state index in [1.165, 1.54) is 5.62 Å². The Hall–Kier alpha value is 1.12. The van der Waals surface area contributed by atoms with Gasteiger partial charge in [-0.2, -0.15) is 0 Å². The molecular formula is C2H4OSY-2. The smallest absolute Gasteiger partial charge is 0 e. The Morgan fingerprint density at radius 1 is 1.60 bits per heavy atom. The van der Waals surface area contributed by atoms with Gasteiger partial charge in [0.2, 0.25) is 0 Å². The summed E-state index contributed by atoms with van der Waals surface area (Å²) in [6.07, 6.45) is 0. The summed E-state index contributed by atoms with van der Waals surface area (Å²) in [6.45, 7) is 0. The molecular weight excluding hydrogens is 161 g/mol. The molecule has 0 amide bonds. The monoisotopic (exact) mass is 165 g/mol. The maximum absolute atomic E-state index is 8.54. The van der Waals surface area contributed by atoms with Crippen LogP contribution in [0.3, 0.4) is 0 Å². The molecule has 0 saturated carbocycles. The maximum atomic E-state index is 8.54. The van der Waals surface area contributed by atoms with E-state index in [4.69, 9.17) is 4.79 Å². The molecule has 1 radical (unpaired) electrons. The van der Waals surface area contributed by atoms with Gasteiger partial charge >= 0.3 is 0 Å². The summed E-state index contributed by atoms with van der Waals surface area (Å²) >= 11 is 2.98. The van der Waals surface area contributed by atoms with Crippen molar-refractivity contribution in [3.05, 3.63) is 7.43 Å². The topological polar surface area (TPSA) is 17.1 Å². The molecule has 0 spiro atoms. The first kappa shape index (κ1) is 16.5. The second-order valence-corrected chi connectivity index (χ2v) is 0.274. The molecule has 1 nitrogen and oxygen atoms in total. The molecule has 0 heterocycles. The molecule has 0 bridgehead atoms. The minimum atomic E-state index is 0. The summed E-state index contributed by atoms with van der Waals surface area (Å²) in [5.41, 5.74) is 1.19. The number of rotatable bonds is 0. The van der Waals surface area contributed by atoms with Crippen LogP contribution in [-0.2, 0) is 37.5 Å². The summed E-state index contributed by atoms with van der Waals surface area (Å²) in [7, 11) is 0. The Kier molecular flexibility index (Phi) is 63.7. The molecule has 0 aromatic rings. The fourth-order valence-electron chi connectivity index (χ4n) is 0. The Bertz CT molecular complexity index is 17.1. The van der Waals surface area contributed by atoms with Crippen LogP contribution in [0.4, 0.5) is 0 Å². The van der Waals surface area contributed by atoms with Crippen LogP contribution in [0.1, 0.15) is 0 Å². The van der Waals surface area contributed by atoms with E-state index in [0.29, 0.717) is 0 Å². The summed E-state index contributed by atoms with van der Waals surface area (Å²) < 4.78 is 0. The summed E-state index contributed by atoms with van der Waals surface area (Å²) in [5.74, 6) is 0. The molecule has 3 heteroatoms. The fraction of sp³-hybridized carbons (Fsp3) is 0. The molecule has 0 unspecified atom stereocenters. The molecule has 0 rings (SSSR count). The molecule has 0 N–H and O–H groups in total. The van der Waals surface area contributed by atoms with Crippen LogP contribution in [0.25, 0.3) is 0 Å². The zero-order valence-electron chi connectivity index (χ0n) is 2.93. The van der Waals surface area contributed by atoms with Gasteiger partial charge in [-0.3, -0.25) is 0 Å². The largest absolute Gasteiger partial charge is 0.531 e. The van der Waals surface area contributed by atoms with Gasteiger partial charge in [0.15, 0.2) is 0 Å². The minimum Gasteiger partial charge on any atom is -0.531 e. The van der Waals surface area contributed by atoms with Crippen LogP contribution in [0, 0.1) is 7.43 Å². The molecule has 0 aliphatic rings. The first-order valence-electron chi connectivity index (χ1n) is 0.428. The normalized spacial score (nSPS) is 2.60. The van der Waals surface area contributed by atoms with Crippen LogP contribution in [0.5, 0.6) is 0 Å². The minimum absolute atomic E-state index is 0. The summed E-state index contributed by atoms with van der Waals surface area (Å²) in [6, 6.07) is 0. The van der Waals surface area contributed by atoms with Crippen LogP contribution < -0.4 is 0 Å². The number of hydrogen-bond donors (Lipinski definition) is 1. The third kappa shape index (κ3) is 39.6. The van der Waals surface area contributed by atoms with E-state index in [0.717, 1.165) is 0 Å². The van der Waals surface area contributed by atoms with Crippen molar-refractivity contribution in [2.75, 3.05) is 0 Å². The first-order chi connectivity index (χ1) is 1.41. The second-order valence-electron chi connectivity index (χ2n) is 0.0913. The molecule has 0 aromatic carbocycles. The Labute approximate surface area is 62.8 Å². The number of hydrogen-bond acceptors (Lipinski definition) is 1. The average molecular weight is 165 g/mol. The van der Waals surface area contributed by atoms with Gasteiger partial charge in [-0.05, 0) is 0 Å². The van der Waals surface area contributed by atoms with Gasteiger partial charge in [-0.15, -0.1) is 0 Å². The molecule has 0 aromatic heterocycles. The summed E-state index contributed by atoms with van der Waals surface area (Å²) in [5, 5.41) is 0. The average Bonchev–Trinajstić information content (AvgIpc) is 0.918. The van der Waals surface area contributed by atoms with Crippen molar-refractivity contribution in [3.8, 4) is 0 Å². The van der Waals surface area contributed by atoms with E-state index in [1.807, 2.05) is 0 Å². The molecule has 0 fully saturated rings. The van der Waals surface area contributed by atoms with E-state index < -0.39 is 0 Å². The van der Waals surface area contributed by atoms with Gasteiger partial charge in [-0.25, -0.2) is 5.62 Å². The van der Waals surface area contributed by atoms with E-state index in [1.54, 1.807) is 0 Å². The third-order valence-electron chi connectivity index (χ3n) is 0. The van der Waals surface area contributed by atoms with Gasteiger partial charge in [-0.1, -0.05) is 0 Å². The third-order valence-corrected chi connectivity index (χ3v) is 0. The fourth-order valence-corrected chi connectivity index (χ4v) is 0. The van der Waals surface area contributed by atoms with Crippen LogP contribution in [0.15, 0.2) is 0 Å². The van der Waals surface area contributed by atoms with Gasteiger partial charge in [0, 0.05) is 32.7 Å². The van der Waals surface area contributed by atoms with Crippen LogP contribution >= 0.6 is 12.6 Å². The standard InChI is InChI=1S/CHOS.CH3.Y/c2-1-3;;/h(H,2,3);1H3;/q2*-1;. The molecule has 29 valence electrons. The Morgan fingerprint density at radius 3 is 1.60 bits per heavy atom. The predicted octanol–water partition coefficient (Wildman–Crippen LogP) is 0.431. The van der Waals surface area contributed by atoms with E-state index in [9.17, 15) is 0 Å². The molecule has 0 atom stereocenters. The number of carbonyl (C=O) groups excluding carboxylic acids is 1. The van der Waals surface area contributed by atoms with Crippen molar-refractivity contribution in [3.63, 3.8) is 0 Å². The molecule has 0 aliphatic heterocycles. The van der Waals surface area contributed by atoms with Crippen LogP contribution in [0.2, 0.25) is 0 Å². The SMILES string of the molecule is O=[C-]S.[CH3-].[Y]. The van der Waals surface area contributed by atoms with Crippen molar-refractivity contribution in [1.29, 1.82) is 0 Å². The van der Waals surface area contributed by atoms with Crippen molar-refractivity contribution >= 4 is 18.2 Å². The predicted molar refractivity (Wildman–Crippen MR) is 21.1 cm³/mol. The zero-order chi connectivity index (χ0) is 2.71. The van der Waals surface area contributed by atoms with Gasteiger partial charge < -0.3 is 24.8 Å². The van der Waals surface area contributed by atoms with Gasteiger partial charge in [0.05, 0.1) is 0 Å². The molecule has 0 aliphatic carbocycles.